The van der Waals surface area contributed by atoms with E-state index in [0.717, 1.165) is 17.0 Å². The highest BCUT2D eigenvalue weighted by molar-refractivity contribution is 9.10. The standard InChI is InChI=1S/C19H14BrN3O7/c1-29-15-7-10(14(23(27)28)9-16(15)30-2)6-13-17(24)21-19(26)22(18(13)25)12-5-3-4-11(20)8-12/h3-9H,1-2H3,(H,21,24,26)/b13-6+. The number of urea groups is 1. The summed E-state index contributed by atoms with van der Waals surface area (Å²) in [6, 6.07) is 7.79. The van der Waals surface area contributed by atoms with E-state index in [0.29, 0.717) is 4.47 Å². The predicted molar refractivity (Wildman–Crippen MR) is 109 cm³/mol. The minimum atomic E-state index is -0.972. The summed E-state index contributed by atoms with van der Waals surface area (Å²) < 4.78 is 10.8. The number of hydrogen-bond donors (Lipinski definition) is 1. The van der Waals surface area contributed by atoms with Gasteiger partial charge in [0.25, 0.3) is 17.5 Å². The van der Waals surface area contributed by atoms with E-state index in [1.807, 2.05) is 0 Å². The molecule has 0 spiro atoms. The molecule has 10 nitrogen and oxygen atoms in total. The van der Waals surface area contributed by atoms with Gasteiger partial charge in [-0.15, -0.1) is 0 Å². The molecule has 1 saturated heterocycles. The monoisotopic (exact) mass is 475 g/mol. The fourth-order valence-corrected chi connectivity index (χ4v) is 3.21. The highest BCUT2D eigenvalue weighted by atomic mass is 79.9. The number of amides is 4. The Morgan fingerprint density at radius 2 is 1.77 bits per heavy atom. The lowest BCUT2D eigenvalue weighted by Gasteiger charge is -2.26. The van der Waals surface area contributed by atoms with Crippen molar-refractivity contribution in [2.45, 2.75) is 0 Å². The van der Waals surface area contributed by atoms with E-state index in [1.165, 1.54) is 32.4 Å². The van der Waals surface area contributed by atoms with E-state index in [1.54, 1.807) is 12.1 Å². The minimum absolute atomic E-state index is 0.0697. The number of imide groups is 2. The Hall–Kier alpha value is -3.73. The van der Waals surface area contributed by atoms with Gasteiger partial charge in [-0.3, -0.25) is 25.0 Å². The first-order valence-corrected chi connectivity index (χ1v) is 9.13. The molecular weight excluding hydrogens is 462 g/mol. The van der Waals surface area contributed by atoms with Crippen molar-refractivity contribution in [1.82, 2.24) is 5.32 Å². The number of methoxy groups -OCH3 is 2. The van der Waals surface area contributed by atoms with Crippen LogP contribution in [0.2, 0.25) is 0 Å². The number of nitro groups is 1. The smallest absolute Gasteiger partial charge is 0.335 e. The van der Waals surface area contributed by atoms with Gasteiger partial charge in [0.15, 0.2) is 11.5 Å². The van der Waals surface area contributed by atoms with Crippen LogP contribution in [0.4, 0.5) is 16.2 Å². The van der Waals surface area contributed by atoms with Crippen molar-refractivity contribution in [2.24, 2.45) is 0 Å². The Balaban J connectivity index is 2.14. The third-order valence-corrected chi connectivity index (χ3v) is 4.69. The van der Waals surface area contributed by atoms with Gasteiger partial charge in [-0.25, -0.2) is 9.69 Å². The summed E-state index contributed by atoms with van der Waals surface area (Å²) in [5, 5.41) is 13.6. The van der Waals surface area contributed by atoms with Crippen LogP contribution in [0, 0.1) is 10.1 Å². The van der Waals surface area contributed by atoms with E-state index in [2.05, 4.69) is 21.2 Å². The van der Waals surface area contributed by atoms with Crippen molar-refractivity contribution >= 4 is 51.2 Å². The Morgan fingerprint density at radius 3 is 2.37 bits per heavy atom. The van der Waals surface area contributed by atoms with E-state index >= 15 is 0 Å². The zero-order valence-electron chi connectivity index (χ0n) is 15.7. The van der Waals surface area contributed by atoms with Crippen LogP contribution in [-0.2, 0) is 9.59 Å². The summed E-state index contributed by atoms with van der Waals surface area (Å²) in [6.07, 6.45) is 1.04. The SMILES string of the molecule is COc1cc(/C=C2\C(=O)NC(=O)N(c3cccc(Br)c3)C2=O)c([N+](=O)[O-])cc1OC. The molecule has 0 aromatic heterocycles. The summed E-state index contributed by atoms with van der Waals surface area (Å²) in [5.41, 5.74) is -0.719. The predicted octanol–water partition coefficient (Wildman–Crippen LogP) is 3.04. The second-order valence-electron chi connectivity index (χ2n) is 5.96. The molecule has 1 fully saturated rings. The van der Waals surface area contributed by atoms with Gasteiger partial charge in [0, 0.05) is 4.47 Å². The summed E-state index contributed by atoms with van der Waals surface area (Å²) >= 11 is 3.25. The largest absolute Gasteiger partial charge is 0.493 e. The summed E-state index contributed by atoms with van der Waals surface area (Å²) in [4.78, 5) is 49.1. The average Bonchev–Trinajstić information content (AvgIpc) is 2.70. The highest BCUT2D eigenvalue weighted by Crippen LogP contribution is 2.36. The first-order chi connectivity index (χ1) is 14.3. The van der Waals surface area contributed by atoms with Crippen LogP contribution in [0.25, 0.3) is 6.08 Å². The lowest BCUT2D eigenvalue weighted by atomic mass is 10.0. The van der Waals surface area contributed by atoms with E-state index in [9.17, 15) is 24.5 Å². The number of rotatable bonds is 5. The van der Waals surface area contributed by atoms with E-state index in [4.69, 9.17) is 9.47 Å². The van der Waals surface area contributed by atoms with Crippen molar-refractivity contribution in [1.29, 1.82) is 0 Å². The molecule has 3 rings (SSSR count). The first-order valence-electron chi connectivity index (χ1n) is 8.34. The lowest BCUT2D eigenvalue weighted by Crippen LogP contribution is -2.54. The van der Waals surface area contributed by atoms with Crippen LogP contribution in [0.1, 0.15) is 5.56 Å². The molecule has 0 unspecified atom stereocenters. The quantitative estimate of drug-likeness (QED) is 0.304. The number of ether oxygens (including phenoxy) is 2. The molecule has 4 amide bonds. The van der Waals surface area contributed by atoms with Crippen molar-refractivity contribution in [2.75, 3.05) is 19.1 Å². The molecule has 154 valence electrons. The van der Waals surface area contributed by atoms with Crippen LogP contribution in [0.3, 0.4) is 0 Å². The minimum Gasteiger partial charge on any atom is -0.493 e. The maximum absolute atomic E-state index is 13.0. The normalized spacial score (nSPS) is 15.2. The topological polar surface area (TPSA) is 128 Å². The van der Waals surface area contributed by atoms with Crippen LogP contribution in [0.5, 0.6) is 11.5 Å². The van der Waals surface area contributed by atoms with Crippen LogP contribution < -0.4 is 19.7 Å². The molecule has 0 saturated carbocycles. The Morgan fingerprint density at radius 1 is 1.10 bits per heavy atom. The van der Waals surface area contributed by atoms with E-state index in [-0.39, 0.29) is 22.7 Å². The Bertz CT molecular complexity index is 1110. The average molecular weight is 476 g/mol. The molecular formula is C19H14BrN3O7. The fraction of sp³-hybridized carbons (Fsp3) is 0.105. The van der Waals surface area contributed by atoms with Crippen molar-refractivity contribution in [3.8, 4) is 11.5 Å². The zero-order valence-corrected chi connectivity index (χ0v) is 17.3. The van der Waals surface area contributed by atoms with Crippen molar-refractivity contribution in [3.63, 3.8) is 0 Å². The number of benzene rings is 2. The molecule has 1 heterocycles. The number of carbonyl (C=O) groups is 3. The molecule has 0 radical (unpaired) electrons. The summed E-state index contributed by atoms with van der Waals surface area (Å²) in [7, 11) is 2.66. The second kappa shape index (κ2) is 8.33. The molecule has 2 aromatic carbocycles. The number of halogens is 1. The second-order valence-corrected chi connectivity index (χ2v) is 6.88. The molecule has 0 bridgehead atoms. The Labute approximate surface area is 178 Å². The fourth-order valence-electron chi connectivity index (χ4n) is 2.82. The molecule has 30 heavy (non-hydrogen) atoms. The molecule has 0 atom stereocenters. The molecule has 2 aromatic rings. The maximum atomic E-state index is 13.0. The highest BCUT2D eigenvalue weighted by Gasteiger charge is 2.37. The van der Waals surface area contributed by atoms with Gasteiger partial charge in [0.2, 0.25) is 0 Å². The van der Waals surface area contributed by atoms with Crippen LogP contribution in [-0.4, -0.2) is 37.0 Å². The number of hydrogen-bond acceptors (Lipinski definition) is 7. The van der Waals surface area contributed by atoms with E-state index < -0.39 is 34.0 Å². The van der Waals surface area contributed by atoms with Crippen LogP contribution >= 0.6 is 15.9 Å². The Kier molecular flexibility index (Phi) is 5.83. The summed E-state index contributed by atoms with van der Waals surface area (Å²) in [5.74, 6) is -1.62. The number of anilines is 1. The first kappa shape index (κ1) is 21.0. The summed E-state index contributed by atoms with van der Waals surface area (Å²) in [6.45, 7) is 0. The van der Waals surface area contributed by atoms with Crippen molar-refractivity contribution < 1.29 is 28.8 Å². The molecule has 1 aliphatic rings. The number of nitrogens with one attached hydrogen (secondary N) is 1. The van der Waals surface area contributed by atoms with Gasteiger partial charge >= 0.3 is 6.03 Å². The van der Waals surface area contributed by atoms with Crippen LogP contribution in [0.15, 0.2) is 46.4 Å². The third-order valence-electron chi connectivity index (χ3n) is 4.20. The van der Waals surface area contributed by atoms with Gasteiger partial charge in [-0.1, -0.05) is 22.0 Å². The lowest BCUT2D eigenvalue weighted by molar-refractivity contribution is -0.385. The third kappa shape index (κ3) is 3.87. The maximum Gasteiger partial charge on any atom is 0.335 e. The number of nitro benzene ring substituents is 1. The van der Waals surface area contributed by atoms with Crippen molar-refractivity contribution in [3.05, 3.63) is 62.1 Å². The molecule has 0 aliphatic carbocycles. The number of barbiturate groups is 1. The van der Waals surface area contributed by atoms with Gasteiger partial charge in [-0.05, 0) is 30.3 Å². The molecule has 11 heteroatoms. The molecule has 1 aliphatic heterocycles. The molecule has 1 N–H and O–H groups in total. The number of nitrogens with zero attached hydrogens (tertiary/aromatic N) is 2. The van der Waals surface area contributed by atoms with Gasteiger partial charge < -0.3 is 9.47 Å². The van der Waals surface area contributed by atoms with Gasteiger partial charge in [-0.2, -0.15) is 0 Å². The zero-order chi connectivity index (χ0) is 22.0. The van der Waals surface area contributed by atoms with Gasteiger partial charge in [0.05, 0.1) is 36.5 Å². The number of carbonyl (C=O) groups excluding carboxylic acids is 3. The van der Waals surface area contributed by atoms with Gasteiger partial charge in [0.1, 0.15) is 5.57 Å².